The van der Waals surface area contributed by atoms with Crippen LogP contribution < -0.4 is 5.32 Å². The Morgan fingerprint density at radius 3 is 2.94 bits per heavy atom. The van der Waals surface area contributed by atoms with E-state index in [2.05, 4.69) is 10.3 Å². The highest BCUT2D eigenvalue weighted by Gasteiger charge is 2.16. The second-order valence-corrected chi connectivity index (χ2v) is 4.05. The smallest absolute Gasteiger partial charge is 0.253 e. The molecule has 0 aliphatic heterocycles. The Kier molecular flexibility index (Phi) is 2.88. The van der Waals surface area contributed by atoms with Crippen molar-refractivity contribution in [2.24, 2.45) is 0 Å². The van der Waals surface area contributed by atoms with Gasteiger partial charge < -0.3 is 10.3 Å². The fourth-order valence-corrected chi connectivity index (χ4v) is 2.07. The number of H-pyrrole nitrogens is 1. The van der Waals surface area contributed by atoms with Gasteiger partial charge in [0.15, 0.2) is 0 Å². The van der Waals surface area contributed by atoms with Crippen molar-refractivity contribution in [1.29, 1.82) is 0 Å². The molecule has 2 aromatic rings. The minimum absolute atomic E-state index is 0.0616. The number of fused-ring (bicyclic) bond motifs is 1. The first kappa shape index (κ1) is 11.0. The lowest BCUT2D eigenvalue weighted by Gasteiger charge is -2.01. The molecule has 2 N–H and O–H groups in total. The lowest BCUT2D eigenvalue weighted by Crippen LogP contribution is -2.23. The number of benzene rings is 1. The van der Waals surface area contributed by atoms with Crippen molar-refractivity contribution in [1.82, 2.24) is 10.3 Å². The summed E-state index contributed by atoms with van der Waals surface area (Å²) in [6, 6.07) is 5.55. The van der Waals surface area contributed by atoms with Crippen molar-refractivity contribution >= 4 is 28.4 Å². The molecule has 0 atom stereocenters. The predicted octanol–water partition coefficient (Wildman–Crippen LogP) is 2.88. The van der Waals surface area contributed by atoms with Gasteiger partial charge in [-0.3, -0.25) is 4.79 Å². The summed E-state index contributed by atoms with van der Waals surface area (Å²) in [6.45, 7) is 4.39. The molecule has 2 rings (SSSR count). The van der Waals surface area contributed by atoms with Crippen LogP contribution in [0.2, 0.25) is 5.02 Å². The lowest BCUT2D eigenvalue weighted by molar-refractivity contribution is 0.0957. The van der Waals surface area contributed by atoms with Gasteiger partial charge in [-0.2, -0.15) is 0 Å². The number of aryl methyl sites for hydroxylation is 1. The van der Waals surface area contributed by atoms with E-state index in [0.29, 0.717) is 17.1 Å². The number of hydrogen-bond donors (Lipinski definition) is 2. The van der Waals surface area contributed by atoms with Gasteiger partial charge in [-0.1, -0.05) is 23.7 Å². The summed E-state index contributed by atoms with van der Waals surface area (Å²) >= 11 is 6.06. The van der Waals surface area contributed by atoms with Crippen LogP contribution in [-0.2, 0) is 0 Å². The molecule has 0 saturated heterocycles. The molecule has 84 valence electrons. The minimum atomic E-state index is -0.0616. The van der Waals surface area contributed by atoms with E-state index >= 15 is 0 Å². The Morgan fingerprint density at radius 1 is 1.50 bits per heavy atom. The SMILES string of the molecule is CCNC(=O)c1c(C)[nH]c2c(Cl)cccc12. The molecule has 1 aromatic carbocycles. The van der Waals surface area contributed by atoms with Gasteiger partial charge in [0.05, 0.1) is 16.1 Å². The maximum Gasteiger partial charge on any atom is 0.253 e. The Bertz CT molecular complexity index is 545. The fraction of sp³-hybridized carbons (Fsp3) is 0.250. The summed E-state index contributed by atoms with van der Waals surface area (Å²) in [4.78, 5) is 15.0. The number of amides is 1. The number of halogens is 1. The Morgan fingerprint density at radius 2 is 2.25 bits per heavy atom. The van der Waals surface area contributed by atoms with E-state index in [9.17, 15) is 4.79 Å². The van der Waals surface area contributed by atoms with Crippen LogP contribution in [0.15, 0.2) is 18.2 Å². The maximum absolute atomic E-state index is 11.9. The third-order valence-corrected chi connectivity index (χ3v) is 2.85. The molecule has 0 aliphatic carbocycles. The average molecular weight is 237 g/mol. The molecule has 0 fully saturated rings. The molecule has 0 unspecified atom stereocenters. The second kappa shape index (κ2) is 4.18. The van der Waals surface area contributed by atoms with Crippen molar-refractivity contribution in [3.63, 3.8) is 0 Å². The van der Waals surface area contributed by atoms with E-state index in [4.69, 9.17) is 11.6 Å². The molecule has 16 heavy (non-hydrogen) atoms. The zero-order valence-electron chi connectivity index (χ0n) is 9.23. The summed E-state index contributed by atoms with van der Waals surface area (Å²) in [6.07, 6.45) is 0. The number of carbonyl (C=O) groups is 1. The van der Waals surface area contributed by atoms with E-state index in [0.717, 1.165) is 16.6 Å². The van der Waals surface area contributed by atoms with Gasteiger partial charge in [0, 0.05) is 17.6 Å². The van der Waals surface area contributed by atoms with Crippen molar-refractivity contribution < 1.29 is 4.79 Å². The third kappa shape index (κ3) is 1.67. The fourth-order valence-electron chi connectivity index (χ4n) is 1.85. The summed E-state index contributed by atoms with van der Waals surface area (Å²) in [5.74, 6) is -0.0616. The number of hydrogen-bond acceptors (Lipinski definition) is 1. The summed E-state index contributed by atoms with van der Waals surface area (Å²) in [5, 5.41) is 4.30. The highest BCUT2D eigenvalue weighted by atomic mass is 35.5. The van der Waals surface area contributed by atoms with Gasteiger partial charge in [0.2, 0.25) is 0 Å². The summed E-state index contributed by atoms with van der Waals surface area (Å²) < 4.78 is 0. The molecule has 0 aliphatic rings. The Hall–Kier alpha value is -1.48. The summed E-state index contributed by atoms with van der Waals surface area (Å²) in [5.41, 5.74) is 2.34. The number of rotatable bonds is 2. The number of aromatic nitrogens is 1. The second-order valence-electron chi connectivity index (χ2n) is 3.65. The molecule has 3 nitrogen and oxygen atoms in total. The first-order valence-corrected chi connectivity index (χ1v) is 5.58. The van der Waals surface area contributed by atoms with Crippen LogP contribution >= 0.6 is 11.6 Å². The minimum Gasteiger partial charge on any atom is -0.357 e. The molecule has 0 saturated carbocycles. The normalized spacial score (nSPS) is 10.7. The van der Waals surface area contributed by atoms with Crippen molar-refractivity contribution in [2.45, 2.75) is 13.8 Å². The number of carbonyl (C=O) groups excluding carboxylic acids is 1. The molecule has 1 aromatic heterocycles. The van der Waals surface area contributed by atoms with E-state index in [1.54, 1.807) is 6.07 Å². The average Bonchev–Trinajstić information content (AvgIpc) is 2.56. The predicted molar refractivity (Wildman–Crippen MR) is 66.1 cm³/mol. The van der Waals surface area contributed by atoms with Crippen LogP contribution in [0.5, 0.6) is 0 Å². The molecule has 0 bridgehead atoms. The van der Waals surface area contributed by atoms with Gasteiger partial charge in [-0.05, 0) is 19.9 Å². The summed E-state index contributed by atoms with van der Waals surface area (Å²) in [7, 11) is 0. The van der Waals surface area contributed by atoms with E-state index in [1.165, 1.54) is 0 Å². The van der Waals surface area contributed by atoms with Gasteiger partial charge in [-0.25, -0.2) is 0 Å². The van der Waals surface area contributed by atoms with Crippen LogP contribution in [0.3, 0.4) is 0 Å². The van der Waals surface area contributed by atoms with Gasteiger partial charge in [0.1, 0.15) is 0 Å². The molecular formula is C12H13ClN2O. The highest BCUT2D eigenvalue weighted by molar-refractivity contribution is 6.35. The number of para-hydroxylation sites is 1. The third-order valence-electron chi connectivity index (χ3n) is 2.53. The molecule has 0 radical (unpaired) electrons. The standard InChI is InChI=1S/C12H13ClN2O/c1-3-14-12(16)10-7(2)15-11-8(10)5-4-6-9(11)13/h4-6,15H,3H2,1-2H3,(H,14,16). The molecule has 4 heteroatoms. The van der Waals surface area contributed by atoms with Gasteiger partial charge in [-0.15, -0.1) is 0 Å². The topological polar surface area (TPSA) is 44.9 Å². The first-order valence-electron chi connectivity index (χ1n) is 5.20. The van der Waals surface area contributed by atoms with Crippen LogP contribution in [0.25, 0.3) is 10.9 Å². The zero-order chi connectivity index (χ0) is 11.7. The van der Waals surface area contributed by atoms with Crippen LogP contribution in [0.1, 0.15) is 23.0 Å². The van der Waals surface area contributed by atoms with E-state index in [-0.39, 0.29) is 5.91 Å². The largest absolute Gasteiger partial charge is 0.357 e. The number of nitrogens with one attached hydrogen (secondary N) is 2. The first-order chi connectivity index (χ1) is 7.65. The highest BCUT2D eigenvalue weighted by Crippen LogP contribution is 2.27. The Labute approximate surface area is 98.8 Å². The Balaban J connectivity index is 2.65. The van der Waals surface area contributed by atoms with Crippen molar-refractivity contribution in [3.05, 3.63) is 34.5 Å². The molecule has 1 heterocycles. The molecular weight excluding hydrogens is 224 g/mol. The van der Waals surface area contributed by atoms with Crippen molar-refractivity contribution in [3.8, 4) is 0 Å². The van der Waals surface area contributed by atoms with Crippen LogP contribution in [-0.4, -0.2) is 17.4 Å². The van der Waals surface area contributed by atoms with Crippen molar-refractivity contribution in [2.75, 3.05) is 6.54 Å². The molecule has 1 amide bonds. The lowest BCUT2D eigenvalue weighted by atomic mass is 10.1. The molecule has 0 spiro atoms. The zero-order valence-corrected chi connectivity index (χ0v) is 9.98. The van der Waals surface area contributed by atoms with E-state index < -0.39 is 0 Å². The van der Waals surface area contributed by atoms with Gasteiger partial charge in [0.25, 0.3) is 5.91 Å². The maximum atomic E-state index is 11.9. The quantitative estimate of drug-likeness (QED) is 0.828. The van der Waals surface area contributed by atoms with Crippen LogP contribution in [0, 0.1) is 6.92 Å². The van der Waals surface area contributed by atoms with E-state index in [1.807, 2.05) is 26.0 Å². The monoisotopic (exact) mass is 236 g/mol. The van der Waals surface area contributed by atoms with Crippen LogP contribution in [0.4, 0.5) is 0 Å². The van der Waals surface area contributed by atoms with Gasteiger partial charge >= 0.3 is 0 Å². The number of aromatic amines is 1.